The monoisotopic (exact) mass is 653 g/mol. The lowest BCUT2D eigenvalue weighted by Crippen LogP contribution is -2.43. The summed E-state index contributed by atoms with van der Waals surface area (Å²) in [5, 5.41) is 11.6. The topological polar surface area (TPSA) is 141 Å². The van der Waals surface area contributed by atoms with Crippen molar-refractivity contribution >= 4 is 28.5 Å². The zero-order chi connectivity index (χ0) is 33.8. The van der Waals surface area contributed by atoms with E-state index in [0.717, 1.165) is 32.3 Å². The van der Waals surface area contributed by atoms with Gasteiger partial charge in [-0.3, -0.25) is 19.2 Å². The van der Waals surface area contributed by atoms with Gasteiger partial charge in [-0.25, -0.2) is 4.68 Å². The average molecular weight is 654 g/mol. The van der Waals surface area contributed by atoms with Crippen LogP contribution in [0, 0.1) is 6.92 Å². The summed E-state index contributed by atoms with van der Waals surface area (Å²) >= 11 is 0. The molecule has 0 spiro atoms. The SMILES string of the molecule is COc1cc2cc(c1OC)-c1ccc3c(c1)C(CCO3)NC(=O)CCN(C(=O)Cn1nc(C)c3ccccc3c1=O)CCNC(=O)CC2. The fraction of sp³-hybridized carbons (Fsp3) is 0.361. The standard InChI is InChI=1S/C36H39N5O7/c1-22-25-6-4-5-7-26(25)36(45)41(39-22)21-34(44)40-15-12-33(43)38-29-13-17-48-30-10-9-24(20-28(29)30)27-18-23(8-11-32(42)37-14-16-40)19-31(46-2)35(27)47-3/h4-7,9-10,18-20,29H,8,11-17,21H2,1-3H3,(H,37,42)(H,38,43). The number of nitrogens with zero attached hydrogens (tertiary/aromatic N) is 3. The van der Waals surface area contributed by atoms with Crippen molar-refractivity contribution in [3.05, 3.63) is 81.8 Å². The van der Waals surface area contributed by atoms with Gasteiger partial charge in [0.1, 0.15) is 12.3 Å². The van der Waals surface area contributed by atoms with Gasteiger partial charge in [0.25, 0.3) is 5.56 Å². The van der Waals surface area contributed by atoms with E-state index in [1.54, 1.807) is 33.3 Å². The molecule has 0 fully saturated rings. The van der Waals surface area contributed by atoms with Crippen molar-refractivity contribution in [2.24, 2.45) is 0 Å². The Hall–Kier alpha value is -5.39. The van der Waals surface area contributed by atoms with E-state index in [2.05, 4.69) is 15.7 Å². The van der Waals surface area contributed by atoms with Crippen LogP contribution >= 0.6 is 0 Å². The molecule has 12 heteroatoms. The van der Waals surface area contributed by atoms with Crippen LogP contribution in [0.15, 0.2) is 59.4 Å². The van der Waals surface area contributed by atoms with Crippen molar-refractivity contribution in [1.29, 1.82) is 0 Å². The van der Waals surface area contributed by atoms with Gasteiger partial charge in [-0.1, -0.05) is 24.3 Å². The number of amides is 3. The largest absolute Gasteiger partial charge is 0.493 e. The Labute approximate surface area is 278 Å². The molecule has 0 saturated carbocycles. The highest BCUT2D eigenvalue weighted by molar-refractivity contribution is 5.84. The molecule has 3 heterocycles. The highest BCUT2D eigenvalue weighted by atomic mass is 16.5. The first-order valence-electron chi connectivity index (χ1n) is 16.1. The summed E-state index contributed by atoms with van der Waals surface area (Å²) < 4.78 is 18.5. The van der Waals surface area contributed by atoms with Crippen LogP contribution < -0.4 is 30.4 Å². The number of methoxy groups -OCH3 is 2. The number of fused-ring (bicyclic) bond motifs is 5. The maximum atomic E-state index is 13.6. The first-order valence-corrected chi connectivity index (χ1v) is 16.1. The number of nitrogens with one attached hydrogen (secondary N) is 2. The third-order valence-corrected chi connectivity index (χ3v) is 8.88. The number of hydrogen-bond acceptors (Lipinski definition) is 8. The summed E-state index contributed by atoms with van der Waals surface area (Å²) in [5.41, 5.74) is 3.64. The molecule has 0 saturated heterocycles. The van der Waals surface area contributed by atoms with E-state index < -0.39 is 0 Å². The number of carbonyl (C=O) groups excluding carboxylic acids is 3. The van der Waals surface area contributed by atoms with Gasteiger partial charge in [0.2, 0.25) is 17.7 Å². The van der Waals surface area contributed by atoms with Crippen molar-refractivity contribution in [3.8, 4) is 28.4 Å². The number of carbonyl (C=O) groups is 3. The Morgan fingerprint density at radius 2 is 1.77 bits per heavy atom. The third kappa shape index (κ3) is 6.83. The number of ether oxygens (including phenoxy) is 3. The predicted octanol–water partition coefficient (Wildman–Crippen LogP) is 3.31. The van der Waals surface area contributed by atoms with Crippen molar-refractivity contribution in [1.82, 2.24) is 25.3 Å². The minimum Gasteiger partial charge on any atom is -0.493 e. The molecule has 2 aliphatic heterocycles. The Morgan fingerprint density at radius 3 is 2.56 bits per heavy atom. The highest BCUT2D eigenvalue weighted by Gasteiger charge is 2.26. The van der Waals surface area contributed by atoms with Crippen molar-refractivity contribution < 1.29 is 28.6 Å². The maximum absolute atomic E-state index is 13.6. The molecule has 12 nitrogen and oxygen atoms in total. The Balaban J connectivity index is 1.29. The number of rotatable bonds is 4. The molecule has 4 bridgehead atoms. The Kier molecular flexibility index (Phi) is 9.60. The molecule has 2 N–H and O–H groups in total. The number of hydrogen-bond donors (Lipinski definition) is 2. The van der Waals surface area contributed by atoms with Crippen molar-refractivity contribution in [2.75, 3.05) is 40.5 Å². The predicted molar refractivity (Wildman–Crippen MR) is 179 cm³/mol. The summed E-state index contributed by atoms with van der Waals surface area (Å²) in [7, 11) is 3.16. The van der Waals surface area contributed by atoms with E-state index in [0.29, 0.717) is 47.8 Å². The van der Waals surface area contributed by atoms with E-state index in [4.69, 9.17) is 14.2 Å². The third-order valence-electron chi connectivity index (χ3n) is 8.88. The molecule has 3 aromatic carbocycles. The van der Waals surface area contributed by atoms with Crippen LogP contribution in [0.5, 0.6) is 17.2 Å². The van der Waals surface area contributed by atoms with Gasteiger partial charge in [0, 0.05) is 55.4 Å². The van der Waals surface area contributed by atoms with Gasteiger partial charge in [0.15, 0.2) is 11.5 Å². The maximum Gasteiger partial charge on any atom is 0.275 e. The molecule has 1 unspecified atom stereocenters. The van der Waals surface area contributed by atoms with Crippen LogP contribution in [0.2, 0.25) is 0 Å². The molecule has 3 amide bonds. The van der Waals surface area contributed by atoms with Gasteiger partial charge < -0.3 is 29.7 Å². The normalized spacial score (nSPS) is 17.0. The van der Waals surface area contributed by atoms with E-state index in [-0.39, 0.29) is 68.3 Å². The zero-order valence-electron chi connectivity index (χ0n) is 27.3. The molecule has 0 aliphatic carbocycles. The summed E-state index contributed by atoms with van der Waals surface area (Å²) in [4.78, 5) is 54.6. The molecule has 4 aromatic rings. The molecule has 48 heavy (non-hydrogen) atoms. The minimum atomic E-state index is -0.380. The fourth-order valence-corrected chi connectivity index (χ4v) is 6.37. The molecule has 0 radical (unpaired) electrons. The Bertz CT molecular complexity index is 1940. The number of aryl methyl sites for hydroxylation is 2. The first kappa shape index (κ1) is 32.5. The lowest BCUT2D eigenvalue weighted by molar-refractivity contribution is -0.133. The molecule has 1 atom stereocenters. The molecule has 6 rings (SSSR count). The molecule has 1 aromatic heterocycles. The second-order valence-electron chi connectivity index (χ2n) is 12.0. The van der Waals surface area contributed by atoms with Gasteiger partial charge in [-0.2, -0.15) is 5.10 Å². The van der Waals surface area contributed by atoms with Gasteiger partial charge in [-0.15, -0.1) is 0 Å². The summed E-state index contributed by atoms with van der Waals surface area (Å²) in [6.45, 7) is 2.37. The van der Waals surface area contributed by atoms with Gasteiger partial charge in [-0.05, 0) is 54.8 Å². The van der Waals surface area contributed by atoms with E-state index in [1.165, 1.54) is 4.90 Å². The molecule has 250 valence electrons. The summed E-state index contributed by atoms with van der Waals surface area (Å²) in [6.07, 6.45) is 1.26. The number of aromatic nitrogens is 2. The molecule has 2 aliphatic rings. The zero-order valence-corrected chi connectivity index (χ0v) is 27.3. The van der Waals surface area contributed by atoms with Crippen LogP contribution in [0.25, 0.3) is 21.9 Å². The summed E-state index contributed by atoms with van der Waals surface area (Å²) in [5.74, 6) is 0.994. The van der Waals surface area contributed by atoms with E-state index in [1.807, 2.05) is 42.5 Å². The van der Waals surface area contributed by atoms with Gasteiger partial charge >= 0.3 is 0 Å². The van der Waals surface area contributed by atoms with Gasteiger partial charge in [0.05, 0.1) is 37.9 Å². The quantitative estimate of drug-likeness (QED) is 0.342. The van der Waals surface area contributed by atoms with Crippen molar-refractivity contribution in [2.45, 2.75) is 45.2 Å². The molecular weight excluding hydrogens is 614 g/mol. The average Bonchev–Trinajstić information content (AvgIpc) is 3.10. The Morgan fingerprint density at radius 1 is 0.958 bits per heavy atom. The van der Waals surface area contributed by atoms with Crippen LogP contribution in [0.3, 0.4) is 0 Å². The van der Waals surface area contributed by atoms with Crippen LogP contribution in [0.1, 0.15) is 42.1 Å². The van der Waals surface area contributed by atoms with Crippen LogP contribution in [-0.4, -0.2) is 72.9 Å². The van der Waals surface area contributed by atoms with Crippen LogP contribution in [-0.2, 0) is 27.3 Å². The molecular formula is C36H39N5O7. The first-order chi connectivity index (χ1) is 23.2. The smallest absolute Gasteiger partial charge is 0.275 e. The minimum absolute atomic E-state index is 0.0260. The van der Waals surface area contributed by atoms with E-state index in [9.17, 15) is 19.2 Å². The highest BCUT2D eigenvalue weighted by Crippen LogP contribution is 2.42. The lowest BCUT2D eigenvalue weighted by atomic mass is 9.93. The van der Waals surface area contributed by atoms with E-state index >= 15 is 0 Å². The number of benzene rings is 3. The van der Waals surface area contributed by atoms with Crippen molar-refractivity contribution in [3.63, 3.8) is 0 Å². The second kappa shape index (κ2) is 14.2. The summed E-state index contributed by atoms with van der Waals surface area (Å²) in [6, 6.07) is 16.5. The van der Waals surface area contributed by atoms with Crippen LogP contribution in [0.4, 0.5) is 0 Å². The second-order valence-corrected chi connectivity index (χ2v) is 12.0. The fourth-order valence-electron chi connectivity index (χ4n) is 6.37. The lowest BCUT2D eigenvalue weighted by Gasteiger charge is -2.28.